The molecule has 0 saturated carbocycles. The number of hydrogen-bond donors (Lipinski definition) is 2. The Hall–Kier alpha value is -2.61. The van der Waals surface area contributed by atoms with Gasteiger partial charge >= 0.3 is 0 Å². The molecule has 0 bridgehead atoms. The fourth-order valence-corrected chi connectivity index (χ4v) is 3.95. The van der Waals surface area contributed by atoms with Crippen molar-refractivity contribution >= 4 is 16.7 Å². The van der Waals surface area contributed by atoms with Crippen LogP contribution in [0.5, 0.6) is 0 Å². The lowest BCUT2D eigenvalue weighted by molar-refractivity contribution is 0.122. The Morgan fingerprint density at radius 2 is 2.04 bits per heavy atom. The largest absolute Gasteiger partial charge is 0.378 e. The van der Waals surface area contributed by atoms with Crippen molar-refractivity contribution in [2.45, 2.75) is 12.5 Å². The molecular weight excluding hydrogens is 357 g/mol. The van der Waals surface area contributed by atoms with Crippen molar-refractivity contribution in [1.82, 2.24) is 20.8 Å². The molecule has 1 atom stereocenters. The lowest BCUT2D eigenvalue weighted by Crippen LogP contribution is -2.36. The van der Waals surface area contributed by atoms with Crippen LogP contribution in [-0.2, 0) is 4.74 Å². The quantitative estimate of drug-likeness (QED) is 0.730. The van der Waals surface area contributed by atoms with Gasteiger partial charge in [0.05, 0.1) is 30.5 Å². The van der Waals surface area contributed by atoms with Crippen molar-refractivity contribution in [2.75, 3.05) is 37.7 Å². The molecule has 7 heteroatoms. The number of rotatable bonds is 3. The molecule has 2 N–H and O–H groups in total. The van der Waals surface area contributed by atoms with Gasteiger partial charge in [0, 0.05) is 31.2 Å². The third kappa shape index (κ3) is 3.22. The van der Waals surface area contributed by atoms with E-state index in [0.717, 1.165) is 59.6 Å². The first kappa shape index (κ1) is 17.5. The first-order chi connectivity index (χ1) is 13.8. The highest BCUT2D eigenvalue weighted by atomic mass is 19.1. The summed E-state index contributed by atoms with van der Waals surface area (Å²) < 4.78 is 19.5. The molecule has 144 valence electrons. The predicted octanol–water partition coefficient (Wildman–Crippen LogP) is 2.81. The van der Waals surface area contributed by atoms with Gasteiger partial charge in [0.1, 0.15) is 11.6 Å². The summed E-state index contributed by atoms with van der Waals surface area (Å²) >= 11 is 0. The number of benzene rings is 1. The number of ether oxygens (including phenoxy) is 1. The minimum Gasteiger partial charge on any atom is -0.378 e. The minimum absolute atomic E-state index is 0.108. The second-order valence-electron chi connectivity index (χ2n) is 7.14. The number of morpholine rings is 1. The van der Waals surface area contributed by atoms with E-state index >= 15 is 0 Å². The summed E-state index contributed by atoms with van der Waals surface area (Å²) in [5.74, 6) is 0.640. The van der Waals surface area contributed by atoms with Crippen LogP contribution in [0.4, 0.5) is 10.2 Å². The molecular formula is C21H22FN5O. The number of anilines is 1. The molecule has 1 unspecified atom stereocenters. The van der Waals surface area contributed by atoms with Crippen LogP contribution in [-0.4, -0.2) is 42.8 Å². The van der Waals surface area contributed by atoms with E-state index in [0.29, 0.717) is 13.2 Å². The molecule has 2 saturated heterocycles. The van der Waals surface area contributed by atoms with Crippen LogP contribution >= 0.6 is 0 Å². The summed E-state index contributed by atoms with van der Waals surface area (Å²) in [6.07, 6.45) is 2.77. The summed E-state index contributed by atoms with van der Waals surface area (Å²) in [5.41, 5.74) is 10.1. The summed E-state index contributed by atoms with van der Waals surface area (Å²) in [5, 5.41) is 0.987. The van der Waals surface area contributed by atoms with Crippen LogP contribution in [0.15, 0.2) is 42.6 Å². The Morgan fingerprint density at radius 3 is 2.82 bits per heavy atom. The second-order valence-corrected chi connectivity index (χ2v) is 7.14. The van der Waals surface area contributed by atoms with E-state index in [4.69, 9.17) is 9.72 Å². The summed E-state index contributed by atoms with van der Waals surface area (Å²) in [6.45, 7) is 3.84. The Morgan fingerprint density at radius 1 is 1.14 bits per heavy atom. The first-order valence-corrected chi connectivity index (χ1v) is 9.66. The van der Waals surface area contributed by atoms with Crippen LogP contribution < -0.4 is 15.8 Å². The Kier molecular flexibility index (Phi) is 4.64. The van der Waals surface area contributed by atoms with Crippen LogP contribution in [0.25, 0.3) is 22.0 Å². The zero-order chi connectivity index (χ0) is 18.9. The monoisotopic (exact) mass is 379 g/mol. The van der Waals surface area contributed by atoms with Crippen molar-refractivity contribution in [2.24, 2.45) is 0 Å². The molecule has 0 aliphatic carbocycles. The highest BCUT2D eigenvalue weighted by Gasteiger charge is 2.23. The van der Waals surface area contributed by atoms with Gasteiger partial charge in [0.25, 0.3) is 0 Å². The highest BCUT2D eigenvalue weighted by molar-refractivity contribution is 5.97. The average molecular weight is 379 g/mol. The van der Waals surface area contributed by atoms with Crippen molar-refractivity contribution in [3.63, 3.8) is 0 Å². The number of nitrogens with one attached hydrogen (secondary N) is 2. The van der Waals surface area contributed by atoms with Crippen LogP contribution in [0, 0.1) is 5.82 Å². The van der Waals surface area contributed by atoms with Gasteiger partial charge < -0.3 is 9.64 Å². The predicted molar refractivity (Wildman–Crippen MR) is 106 cm³/mol. The van der Waals surface area contributed by atoms with Gasteiger partial charge in [-0.05, 0) is 41.8 Å². The number of hydrazine groups is 1. The normalized spacial score (nSPS) is 20.0. The van der Waals surface area contributed by atoms with Gasteiger partial charge in [-0.2, -0.15) is 0 Å². The van der Waals surface area contributed by atoms with Gasteiger partial charge in [0.15, 0.2) is 0 Å². The maximum Gasteiger partial charge on any atom is 0.130 e. The molecule has 5 rings (SSSR count). The fourth-order valence-electron chi connectivity index (χ4n) is 3.95. The third-order valence-corrected chi connectivity index (χ3v) is 5.38. The van der Waals surface area contributed by atoms with E-state index in [1.807, 2.05) is 18.3 Å². The molecule has 1 aromatic carbocycles. The summed E-state index contributed by atoms with van der Waals surface area (Å²) in [7, 11) is 0. The summed E-state index contributed by atoms with van der Waals surface area (Å²) in [4.78, 5) is 11.9. The number of hydrogen-bond acceptors (Lipinski definition) is 6. The lowest BCUT2D eigenvalue weighted by Gasteiger charge is -2.29. The van der Waals surface area contributed by atoms with Gasteiger partial charge in [-0.15, -0.1) is 0 Å². The third-order valence-electron chi connectivity index (χ3n) is 5.38. The molecule has 4 heterocycles. The minimum atomic E-state index is -0.244. The molecule has 2 fully saturated rings. The number of aromatic nitrogens is 2. The number of halogens is 1. The Labute approximate surface area is 162 Å². The standard InChI is InChI=1S/C21H22FN5O/c22-15-3-1-2-14(12-15)17-13-19(27-8-10-28-11-9-27)25-20-16(17)4-6-23-21(20)18-5-7-24-26-18/h1-4,6,12-13,18,24,26H,5,7-11H2. The Bertz CT molecular complexity index is 999. The van der Waals surface area contributed by atoms with Gasteiger partial charge in [-0.3, -0.25) is 10.4 Å². The molecule has 0 spiro atoms. The Balaban J connectivity index is 1.73. The van der Waals surface area contributed by atoms with Crippen molar-refractivity contribution in [3.8, 4) is 11.1 Å². The van der Waals surface area contributed by atoms with Gasteiger partial charge in [-0.25, -0.2) is 14.8 Å². The van der Waals surface area contributed by atoms with Crippen LogP contribution in [0.2, 0.25) is 0 Å². The number of fused-ring (bicyclic) bond motifs is 1. The SMILES string of the molecule is Fc1cccc(-c2cc(N3CCOCC3)nc3c(C4CCNN4)nccc23)c1. The van der Waals surface area contributed by atoms with E-state index in [9.17, 15) is 4.39 Å². The maximum atomic E-state index is 14.0. The van der Waals surface area contributed by atoms with Crippen molar-refractivity contribution in [3.05, 3.63) is 54.1 Å². The maximum absolute atomic E-state index is 14.0. The molecule has 2 aromatic heterocycles. The molecule has 28 heavy (non-hydrogen) atoms. The van der Waals surface area contributed by atoms with Gasteiger partial charge in [0.2, 0.25) is 0 Å². The number of nitrogens with zero attached hydrogens (tertiary/aromatic N) is 3. The van der Waals surface area contributed by atoms with E-state index in [1.54, 1.807) is 12.1 Å². The van der Waals surface area contributed by atoms with Crippen molar-refractivity contribution < 1.29 is 9.13 Å². The topological polar surface area (TPSA) is 62.3 Å². The molecule has 3 aromatic rings. The highest BCUT2D eigenvalue weighted by Crippen LogP contribution is 2.35. The molecule has 0 amide bonds. The van der Waals surface area contributed by atoms with Gasteiger partial charge in [-0.1, -0.05) is 12.1 Å². The number of pyridine rings is 2. The van der Waals surface area contributed by atoms with Crippen LogP contribution in [0.1, 0.15) is 18.2 Å². The molecule has 2 aliphatic heterocycles. The molecule has 0 radical (unpaired) electrons. The van der Waals surface area contributed by atoms with E-state index in [-0.39, 0.29) is 11.9 Å². The van der Waals surface area contributed by atoms with E-state index in [2.05, 4.69) is 26.8 Å². The molecule has 2 aliphatic rings. The second kappa shape index (κ2) is 7.43. The average Bonchev–Trinajstić information content (AvgIpc) is 3.28. The first-order valence-electron chi connectivity index (χ1n) is 9.66. The lowest BCUT2D eigenvalue weighted by atomic mass is 9.99. The zero-order valence-electron chi connectivity index (χ0n) is 15.5. The zero-order valence-corrected chi connectivity index (χ0v) is 15.5. The molecule has 6 nitrogen and oxygen atoms in total. The summed E-state index contributed by atoms with van der Waals surface area (Å²) in [6, 6.07) is 10.9. The van der Waals surface area contributed by atoms with E-state index < -0.39 is 0 Å². The smallest absolute Gasteiger partial charge is 0.130 e. The van der Waals surface area contributed by atoms with Crippen LogP contribution in [0.3, 0.4) is 0 Å². The fraction of sp³-hybridized carbons (Fsp3) is 0.333. The van der Waals surface area contributed by atoms with E-state index in [1.165, 1.54) is 6.07 Å². The van der Waals surface area contributed by atoms with Crippen molar-refractivity contribution in [1.29, 1.82) is 0 Å².